The van der Waals surface area contributed by atoms with Gasteiger partial charge in [0.25, 0.3) is 0 Å². The maximum Gasteiger partial charge on any atom is 0.407 e. The van der Waals surface area contributed by atoms with E-state index in [0.717, 1.165) is 80.3 Å². The van der Waals surface area contributed by atoms with Crippen LogP contribution in [-0.2, 0) is 17.7 Å². The monoisotopic (exact) mass is 588 g/mol. The van der Waals surface area contributed by atoms with Crippen LogP contribution in [0.4, 0.5) is 10.6 Å². The van der Waals surface area contributed by atoms with Crippen molar-refractivity contribution in [3.63, 3.8) is 0 Å². The molecule has 42 heavy (non-hydrogen) atoms. The summed E-state index contributed by atoms with van der Waals surface area (Å²) >= 11 is 1.72. The van der Waals surface area contributed by atoms with Crippen LogP contribution in [0.15, 0.2) is 36.4 Å². The molecule has 0 spiro atoms. The third-order valence-electron chi connectivity index (χ3n) is 6.45. The van der Waals surface area contributed by atoms with Gasteiger partial charge in [0.2, 0.25) is 0 Å². The van der Waals surface area contributed by atoms with Crippen LogP contribution in [0.1, 0.15) is 69.5 Å². The third-order valence-corrected chi connectivity index (χ3v) is 7.58. The van der Waals surface area contributed by atoms with Crippen LogP contribution >= 0.6 is 11.3 Å². The van der Waals surface area contributed by atoms with Crippen LogP contribution in [0.2, 0.25) is 0 Å². The van der Waals surface area contributed by atoms with Crippen LogP contribution in [0.5, 0.6) is 11.5 Å². The molecule has 0 saturated carbocycles. The number of alkyl carbamates (subject to hydrolysis) is 1. The van der Waals surface area contributed by atoms with Gasteiger partial charge >= 0.3 is 6.09 Å². The largest absolute Gasteiger partial charge is 0.497 e. The highest BCUT2D eigenvalue weighted by Gasteiger charge is 2.17. The molecule has 2 aromatic heterocycles. The number of unbranched alkanes of at least 4 members (excludes halogenated alkanes) is 2. The molecule has 1 amide bonds. The molecule has 0 aliphatic rings. The van der Waals surface area contributed by atoms with Gasteiger partial charge in [-0.25, -0.2) is 14.8 Å². The summed E-state index contributed by atoms with van der Waals surface area (Å²) in [6.45, 7) is 8.77. The molecule has 9 heteroatoms. The Morgan fingerprint density at radius 2 is 1.90 bits per heavy atom. The topological polar surface area (TPSA) is 94.6 Å². The number of carbonyl (C=O) groups excluding carboxylic acids is 1. The smallest absolute Gasteiger partial charge is 0.407 e. The zero-order valence-corrected chi connectivity index (χ0v) is 26.2. The molecule has 0 fully saturated rings. The summed E-state index contributed by atoms with van der Waals surface area (Å²) in [5.41, 5.74) is 3.15. The lowest BCUT2D eigenvalue weighted by Gasteiger charge is -2.19. The molecule has 0 atom stereocenters. The molecule has 2 N–H and O–H groups in total. The molecule has 8 nitrogen and oxygen atoms in total. The van der Waals surface area contributed by atoms with Crippen LogP contribution in [0.25, 0.3) is 21.1 Å². The number of hydrogen-bond donors (Lipinski definition) is 2. The Bertz CT molecular complexity index is 1600. The zero-order chi connectivity index (χ0) is 30.1. The minimum Gasteiger partial charge on any atom is -0.497 e. The first kappa shape index (κ1) is 30.9. The minimum absolute atomic E-state index is 0.406. The summed E-state index contributed by atoms with van der Waals surface area (Å²) in [4.78, 5) is 21.9. The van der Waals surface area contributed by atoms with Crippen molar-refractivity contribution in [2.24, 2.45) is 0 Å². The fourth-order valence-electron chi connectivity index (χ4n) is 4.42. The highest BCUT2D eigenvalue weighted by atomic mass is 32.1. The van der Waals surface area contributed by atoms with Crippen LogP contribution in [0, 0.1) is 11.8 Å². The molecule has 0 unspecified atom stereocenters. The number of carbonyl (C=O) groups is 1. The first-order valence-electron chi connectivity index (χ1n) is 14.3. The number of methoxy groups -OCH3 is 2. The Balaban J connectivity index is 1.59. The third kappa shape index (κ3) is 8.04. The van der Waals surface area contributed by atoms with E-state index in [2.05, 4.69) is 29.4 Å². The molecule has 0 aliphatic heterocycles. The number of nitrogens with zero attached hydrogens (tertiary/aromatic N) is 2. The highest BCUT2D eigenvalue weighted by Crippen LogP contribution is 2.36. The predicted molar refractivity (Wildman–Crippen MR) is 171 cm³/mol. The van der Waals surface area contributed by atoms with Crippen molar-refractivity contribution < 1.29 is 19.0 Å². The Morgan fingerprint density at radius 1 is 1.07 bits per heavy atom. The number of nitrogens with one attached hydrogen (secondary N) is 2. The van der Waals surface area contributed by atoms with Crippen LogP contribution < -0.4 is 20.1 Å². The molecule has 222 valence electrons. The quantitative estimate of drug-likeness (QED) is 0.139. The Hall–Kier alpha value is -4.03. The SMILES string of the molecule is CCCCc1nc2c(NCc3ccc(OC)cc3OC)nc3cccc(C#CCCCNC(=O)OC(C)(C)C)c3c2s1. The van der Waals surface area contributed by atoms with E-state index < -0.39 is 11.7 Å². The second kappa shape index (κ2) is 14.2. The molecular weight excluding hydrogens is 548 g/mol. The van der Waals surface area contributed by atoms with Gasteiger partial charge in [0, 0.05) is 42.1 Å². The van der Waals surface area contributed by atoms with Gasteiger partial charge in [0.1, 0.15) is 22.6 Å². The number of aryl methyl sites for hydroxylation is 1. The molecule has 0 bridgehead atoms. The minimum atomic E-state index is -0.511. The van der Waals surface area contributed by atoms with E-state index in [1.807, 2.05) is 57.2 Å². The average Bonchev–Trinajstić information content (AvgIpc) is 3.39. The van der Waals surface area contributed by atoms with Gasteiger partial charge < -0.3 is 24.8 Å². The van der Waals surface area contributed by atoms with Gasteiger partial charge in [0.15, 0.2) is 5.82 Å². The molecule has 2 aromatic carbocycles. The number of benzene rings is 2. The lowest BCUT2D eigenvalue weighted by Crippen LogP contribution is -2.32. The van der Waals surface area contributed by atoms with Crippen LogP contribution in [0.3, 0.4) is 0 Å². The summed E-state index contributed by atoms with van der Waals surface area (Å²) in [6.07, 6.45) is 4.10. The predicted octanol–water partition coefficient (Wildman–Crippen LogP) is 7.47. The Morgan fingerprint density at radius 3 is 2.64 bits per heavy atom. The number of rotatable bonds is 11. The second-order valence-electron chi connectivity index (χ2n) is 10.9. The zero-order valence-electron chi connectivity index (χ0n) is 25.3. The first-order chi connectivity index (χ1) is 20.2. The van der Waals surface area contributed by atoms with Crippen molar-refractivity contribution in [2.45, 2.75) is 71.9 Å². The van der Waals surface area contributed by atoms with E-state index in [-0.39, 0.29) is 0 Å². The van der Waals surface area contributed by atoms with Crippen molar-refractivity contribution in [3.8, 4) is 23.3 Å². The average molecular weight is 589 g/mol. The van der Waals surface area contributed by atoms with E-state index in [9.17, 15) is 4.79 Å². The lowest BCUT2D eigenvalue weighted by molar-refractivity contribution is 0.0527. The molecule has 0 saturated heterocycles. The van der Waals surface area contributed by atoms with Gasteiger partial charge in [-0.1, -0.05) is 31.3 Å². The second-order valence-corrected chi connectivity index (χ2v) is 12.0. The summed E-state index contributed by atoms with van der Waals surface area (Å²) in [5.74, 6) is 8.88. The van der Waals surface area contributed by atoms with E-state index >= 15 is 0 Å². The van der Waals surface area contributed by atoms with Gasteiger partial charge in [-0.15, -0.1) is 11.3 Å². The summed E-state index contributed by atoms with van der Waals surface area (Å²) < 4.78 is 17.3. The lowest BCUT2D eigenvalue weighted by atomic mass is 10.1. The van der Waals surface area contributed by atoms with Crippen molar-refractivity contribution >= 4 is 44.4 Å². The van der Waals surface area contributed by atoms with E-state index in [0.29, 0.717) is 19.5 Å². The number of ether oxygens (including phenoxy) is 3. The molecule has 0 radical (unpaired) electrons. The molecule has 4 rings (SSSR count). The Kier molecular flexibility index (Phi) is 10.5. The number of thiazole rings is 1. The number of aromatic nitrogens is 2. The van der Waals surface area contributed by atoms with Gasteiger partial charge in [0.05, 0.1) is 29.4 Å². The number of amides is 1. The van der Waals surface area contributed by atoms with Gasteiger partial charge in [-0.2, -0.15) is 0 Å². The van der Waals surface area contributed by atoms with Crippen molar-refractivity contribution in [1.29, 1.82) is 0 Å². The fourth-order valence-corrected chi connectivity index (χ4v) is 5.59. The van der Waals surface area contributed by atoms with E-state index in [1.54, 1.807) is 25.6 Å². The first-order valence-corrected chi connectivity index (χ1v) is 15.2. The standard InChI is InChI=1S/C33H40N4O4S/c1-7-8-16-27-37-29-30(42-27)28-22(13-10-9-11-19-34-32(38)41-33(2,3)4)14-12-15-25(28)36-31(29)35-21-23-17-18-24(39-5)20-26(23)40-6/h12,14-15,17-18,20H,7-9,11,16,19,21H2,1-6H3,(H,34,38)(H,35,36). The highest BCUT2D eigenvalue weighted by molar-refractivity contribution is 7.19. The summed E-state index contributed by atoms with van der Waals surface area (Å²) in [7, 11) is 3.30. The van der Waals surface area contributed by atoms with Gasteiger partial charge in [-0.05, 0) is 64.3 Å². The summed E-state index contributed by atoms with van der Waals surface area (Å²) in [5, 5.41) is 8.43. The van der Waals surface area contributed by atoms with E-state index in [1.165, 1.54) is 0 Å². The maximum atomic E-state index is 11.9. The number of fused-ring (bicyclic) bond motifs is 3. The van der Waals surface area contributed by atoms with E-state index in [4.69, 9.17) is 24.2 Å². The summed E-state index contributed by atoms with van der Waals surface area (Å²) in [6, 6.07) is 11.8. The fraction of sp³-hybridized carbons (Fsp3) is 0.424. The normalized spacial score (nSPS) is 11.2. The van der Waals surface area contributed by atoms with Gasteiger partial charge in [-0.3, -0.25) is 0 Å². The van der Waals surface area contributed by atoms with Crippen LogP contribution in [-0.4, -0.2) is 42.4 Å². The number of hydrogen-bond acceptors (Lipinski definition) is 8. The molecule has 0 aliphatic carbocycles. The number of anilines is 1. The maximum absolute atomic E-state index is 11.9. The molecule has 4 aromatic rings. The Labute approximate surface area is 252 Å². The number of pyridine rings is 1. The van der Waals surface area contributed by atoms with Crippen molar-refractivity contribution in [1.82, 2.24) is 15.3 Å². The molecule has 2 heterocycles. The van der Waals surface area contributed by atoms with Crippen molar-refractivity contribution in [3.05, 3.63) is 52.5 Å². The molecular formula is C33H40N4O4S. The van der Waals surface area contributed by atoms with Crippen molar-refractivity contribution in [2.75, 3.05) is 26.1 Å².